The average Bonchev–Trinajstić information content (AvgIpc) is 2.58. The topological polar surface area (TPSA) is 61.2 Å². The first kappa shape index (κ1) is 19.7. The van der Waals surface area contributed by atoms with Crippen molar-refractivity contribution in [1.29, 1.82) is 0 Å². The fourth-order valence-electron chi connectivity index (χ4n) is 2.70. The molecule has 1 unspecified atom stereocenters. The number of rotatable bonds is 6. The van der Waals surface area contributed by atoms with Gasteiger partial charge in [0, 0.05) is 11.8 Å². The Morgan fingerprint density at radius 3 is 2.54 bits per heavy atom. The lowest BCUT2D eigenvalue weighted by molar-refractivity contribution is -0.145. The smallest absolute Gasteiger partial charge is 0.416 e. The van der Waals surface area contributed by atoms with E-state index < -0.39 is 29.2 Å². The summed E-state index contributed by atoms with van der Waals surface area (Å²) in [5.41, 5.74) is -1.35. The normalized spacial score (nSPS) is 12.7. The maximum Gasteiger partial charge on any atom is 0.416 e. The molecule has 0 aliphatic heterocycles. The Morgan fingerprint density at radius 2 is 1.92 bits per heavy atom. The van der Waals surface area contributed by atoms with E-state index in [9.17, 15) is 22.8 Å². The minimum absolute atomic E-state index is 0.0732. The number of ether oxygens (including phenoxy) is 1. The molecule has 140 valence electrons. The summed E-state index contributed by atoms with van der Waals surface area (Å²) < 4.78 is 45.3. The van der Waals surface area contributed by atoms with Crippen LogP contribution in [0.15, 0.2) is 41.3 Å². The molecule has 5 nitrogen and oxygen atoms in total. The molecule has 2 rings (SSSR count). The lowest BCUT2D eigenvalue weighted by Crippen LogP contribution is -2.31. The molecule has 0 saturated heterocycles. The van der Waals surface area contributed by atoms with Crippen molar-refractivity contribution in [3.05, 3.63) is 63.6 Å². The predicted molar refractivity (Wildman–Crippen MR) is 88.7 cm³/mol. The van der Waals surface area contributed by atoms with E-state index in [4.69, 9.17) is 4.74 Å². The number of carbonyl (C=O) groups excluding carboxylic acids is 1. The van der Waals surface area contributed by atoms with Gasteiger partial charge in [0.15, 0.2) is 0 Å². The van der Waals surface area contributed by atoms with Crippen LogP contribution < -0.4 is 5.56 Å². The van der Waals surface area contributed by atoms with Crippen molar-refractivity contribution in [3.63, 3.8) is 0 Å². The van der Waals surface area contributed by atoms with Gasteiger partial charge in [0.25, 0.3) is 5.56 Å². The number of hydrogen-bond acceptors (Lipinski definition) is 4. The van der Waals surface area contributed by atoms with Crippen LogP contribution in [0.3, 0.4) is 0 Å². The summed E-state index contributed by atoms with van der Waals surface area (Å²) in [5.74, 6) is -1.32. The van der Waals surface area contributed by atoms with Crippen LogP contribution in [-0.4, -0.2) is 22.4 Å². The fourth-order valence-corrected chi connectivity index (χ4v) is 2.70. The molecule has 0 aliphatic rings. The van der Waals surface area contributed by atoms with E-state index in [1.54, 1.807) is 13.8 Å². The Labute approximate surface area is 148 Å². The molecule has 0 N–H and O–H groups in total. The van der Waals surface area contributed by atoms with Gasteiger partial charge in [-0.1, -0.05) is 25.1 Å². The molecule has 0 saturated carbocycles. The largest absolute Gasteiger partial charge is 0.466 e. The molecule has 0 amide bonds. The van der Waals surface area contributed by atoms with Gasteiger partial charge >= 0.3 is 12.1 Å². The van der Waals surface area contributed by atoms with Crippen LogP contribution in [0.4, 0.5) is 13.2 Å². The number of carbonyl (C=O) groups is 1. The average molecular weight is 368 g/mol. The zero-order chi connectivity index (χ0) is 19.3. The van der Waals surface area contributed by atoms with Crippen LogP contribution in [0.2, 0.25) is 0 Å². The molecule has 1 aromatic carbocycles. The number of aromatic nitrogens is 2. The number of hydrogen-bond donors (Lipinski definition) is 0. The van der Waals surface area contributed by atoms with Crippen LogP contribution in [0.25, 0.3) is 0 Å². The first-order valence-corrected chi connectivity index (χ1v) is 8.17. The minimum Gasteiger partial charge on any atom is -0.466 e. The zero-order valence-electron chi connectivity index (χ0n) is 14.4. The molecule has 0 bridgehead atoms. The third kappa shape index (κ3) is 4.30. The lowest BCUT2D eigenvalue weighted by Gasteiger charge is -2.16. The van der Waals surface area contributed by atoms with E-state index >= 15 is 0 Å². The van der Waals surface area contributed by atoms with E-state index in [0.717, 1.165) is 10.7 Å². The number of esters is 1. The Kier molecular flexibility index (Phi) is 6.18. The molecule has 0 spiro atoms. The van der Waals surface area contributed by atoms with E-state index in [1.165, 1.54) is 30.5 Å². The third-order valence-electron chi connectivity index (χ3n) is 3.94. The highest BCUT2D eigenvalue weighted by molar-refractivity contribution is 5.77. The van der Waals surface area contributed by atoms with Crippen molar-refractivity contribution in [2.24, 2.45) is 0 Å². The van der Waals surface area contributed by atoms with Crippen LogP contribution >= 0.6 is 0 Å². The molecule has 8 heteroatoms. The number of benzene rings is 1. The summed E-state index contributed by atoms with van der Waals surface area (Å²) in [4.78, 5) is 24.7. The highest BCUT2D eigenvalue weighted by Crippen LogP contribution is 2.32. The van der Waals surface area contributed by atoms with Gasteiger partial charge in [0.1, 0.15) is 0 Å². The van der Waals surface area contributed by atoms with E-state index in [0.29, 0.717) is 6.42 Å². The molecule has 2 aromatic rings. The molecule has 1 atom stereocenters. The minimum atomic E-state index is -4.53. The standard InChI is InChI=1S/C18H19F3N2O3/c1-3-13(17(25)26-4-2)14-9-10-22-23(16(14)24)11-12-7-5-6-8-15(12)18(19,20)21/h5-10,13H,3-4,11H2,1-2H3. The van der Waals surface area contributed by atoms with Crippen LogP contribution in [-0.2, 0) is 22.3 Å². The first-order valence-electron chi connectivity index (χ1n) is 8.17. The molecular weight excluding hydrogens is 349 g/mol. The maximum absolute atomic E-state index is 13.1. The highest BCUT2D eigenvalue weighted by Gasteiger charge is 2.33. The van der Waals surface area contributed by atoms with Crippen molar-refractivity contribution in [1.82, 2.24) is 9.78 Å². The zero-order valence-corrected chi connectivity index (χ0v) is 14.4. The van der Waals surface area contributed by atoms with Crippen molar-refractivity contribution < 1.29 is 22.7 Å². The Balaban J connectivity index is 2.42. The second-order valence-electron chi connectivity index (χ2n) is 5.62. The summed E-state index contributed by atoms with van der Waals surface area (Å²) in [6, 6.07) is 6.41. The van der Waals surface area contributed by atoms with Crippen molar-refractivity contribution in [3.8, 4) is 0 Å². The van der Waals surface area contributed by atoms with E-state index in [1.807, 2.05) is 0 Å². The van der Waals surface area contributed by atoms with E-state index in [2.05, 4.69) is 5.10 Å². The fraction of sp³-hybridized carbons (Fsp3) is 0.389. The van der Waals surface area contributed by atoms with Gasteiger partial charge in [-0.05, 0) is 31.0 Å². The second kappa shape index (κ2) is 8.16. The van der Waals surface area contributed by atoms with Gasteiger partial charge in [-0.15, -0.1) is 0 Å². The predicted octanol–water partition coefficient (Wildman–Crippen LogP) is 3.37. The SMILES string of the molecule is CCOC(=O)C(CC)c1ccnn(Cc2ccccc2C(F)(F)F)c1=O. The van der Waals surface area contributed by atoms with Crippen molar-refractivity contribution in [2.45, 2.75) is 38.9 Å². The summed E-state index contributed by atoms with van der Waals surface area (Å²) >= 11 is 0. The molecular formula is C18H19F3N2O3. The third-order valence-corrected chi connectivity index (χ3v) is 3.94. The van der Waals surface area contributed by atoms with Gasteiger partial charge in [0.2, 0.25) is 0 Å². The lowest BCUT2D eigenvalue weighted by atomic mass is 9.98. The molecule has 1 heterocycles. The first-order chi connectivity index (χ1) is 12.3. The van der Waals surface area contributed by atoms with Crippen molar-refractivity contribution >= 4 is 5.97 Å². The summed E-state index contributed by atoms with van der Waals surface area (Å²) in [7, 11) is 0. The van der Waals surface area contributed by atoms with Gasteiger partial charge in [0.05, 0.1) is 24.6 Å². The Morgan fingerprint density at radius 1 is 1.23 bits per heavy atom. The van der Waals surface area contributed by atoms with Crippen LogP contribution in [0, 0.1) is 0 Å². The van der Waals surface area contributed by atoms with Crippen molar-refractivity contribution in [2.75, 3.05) is 6.61 Å². The van der Waals surface area contributed by atoms with Gasteiger partial charge < -0.3 is 4.74 Å². The van der Waals surface area contributed by atoms with Gasteiger partial charge in [-0.2, -0.15) is 18.3 Å². The molecule has 26 heavy (non-hydrogen) atoms. The van der Waals surface area contributed by atoms with Gasteiger partial charge in [-0.25, -0.2) is 4.68 Å². The second-order valence-corrected chi connectivity index (χ2v) is 5.62. The number of halogens is 3. The number of nitrogens with zero attached hydrogens (tertiary/aromatic N) is 2. The summed E-state index contributed by atoms with van der Waals surface area (Å²) in [6.45, 7) is 3.21. The van der Waals surface area contributed by atoms with E-state index in [-0.39, 0.29) is 24.3 Å². The van der Waals surface area contributed by atoms with Crippen LogP contribution in [0.1, 0.15) is 42.9 Å². The molecule has 0 fully saturated rings. The maximum atomic E-state index is 13.1. The quantitative estimate of drug-likeness (QED) is 0.734. The molecule has 1 aromatic heterocycles. The Hall–Kier alpha value is -2.64. The summed E-state index contributed by atoms with van der Waals surface area (Å²) in [6.07, 6.45) is -2.90. The monoisotopic (exact) mass is 368 g/mol. The van der Waals surface area contributed by atoms with Gasteiger partial charge in [-0.3, -0.25) is 9.59 Å². The van der Waals surface area contributed by atoms with Crippen LogP contribution in [0.5, 0.6) is 0 Å². The molecule has 0 aliphatic carbocycles. The molecule has 0 radical (unpaired) electrons. The Bertz CT molecular complexity index is 831. The summed E-state index contributed by atoms with van der Waals surface area (Å²) in [5, 5.41) is 3.86. The highest BCUT2D eigenvalue weighted by atomic mass is 19.4. The number of alkyl halides is 3.